The van der Waals surface area contributed by atoms with E-state index < -0.39 is 0 Å². The van der Waals surface area contributed by atoms with E-state index in [0.717, 1.165) is 38.3 Å². The molecule has 0 saturated carbocycles. The number of hydrogen-bond acceptors (Lipinski definition) is 3. The Hall–Kier alpha value is -2.27. The molecule has 0 radical (unpaired) electrons. The molecular weight excluding hydrogens is 324 g/mol. The van der Waals surface area contributed by atoms with Gasteiger partial charge in [0.1, 0.15) is 6.04 Å². The van der Waals surface area contributed by atoms with Crippen LogP contribution in [0.2, 0.25) is 0 Å². The summed E-state index contributed by atoms with van der Waals surface area (Å²) in [6.07, 6.45) is 4.74. The second-order valence-corrected chi connectivity index (χ2v) is 7.60. The standard InChI is InChI=1S/C21H30N4O/c1-17(2)16-20(25-10-4-5-11-25)21(26)22-18-6-8-19(9-7-18)24-14-12-23(3)13-15-24/h4-11,17,20H,12-16H2,1-3H3,(H,22,26). The maximum atomic E-state index is 12.8. The van der Waals surface area contributed by atoms with E-state index in [0.29, 0.717) is 5.92 Å². The summed E-state index contributed by atoms with van der Waals surface area (Å²) < 4.78 is 1.99. The van der Waals surface area contributed by atoms with E-state index >= 15 is 0 Å². The Bertz CT molecular complexity index is 685. The molecule has 1 N–H and O–H groups in total. The van der Waals surface area contributed by atoms with Crippen LogP contribution in [0.1, 0.15) is 26.3 Å². The van der Waals surface area contributed by atoms with Crippen molar-refractivity contribution in [2.45, 2.75) is 26.3 Å². The predicted molar refractivity (Wildman–Crippen MR) is 108 cm³/mol. The van der Waals surface area contributed by atoms with Gasteiger partial charge in [-0.3, -0.25) is 4.79 Å². The van der Waals surface area contributed by atoms with Gasteiger partial charge in [-0.05, 0) is 55.8 Å². The van der Waals surface area contributed by atoms with Crippen molar-refractivity contribution in [1.82, 2.24) is 9.47 Å². The van der Waals surface area contributed by atoms with E-state index in [1.54, 1.807) is 0 Å². The molecule has 140 valence electrons. The quantitative estimate of drug-likeness (QED) is 0.864. The first-order chi connectivity index (χ1) is 12.5. The van der Waals surface area contributed by atoms with Gasteiger partial charge in [-0.15, -0.1) is 0 Å². The van der Waals surface area contributed by atoms with Crippen molar-refractivity contribution < 1.29 is 4.79 Å². The van der Waals surface area contributed by atoms with Crippen LogP contribution in [0.15, 0.2) is 48.8 Å². The number of aromatic nitrogens is 1. The number of carbonyl (C=O) groups excluding carboxylic acids is 1. The Labute approximate surface area is 156 Å². The predicted octanol–water partition coefficient (Wildman–Crippen LogP) is 3.47. The fraction of sp³-hybridized carbons (Fsp3) is 0.476. The van der Waals surface area contributed by atoms with Crippen LogP contribution in [0, 0.1) is 5.92 Å². The van der Waals surface area contributed by atoms with Crippen LogP contribution in [0.5, 0.6) is 0 Å². The van der Waals surface area contributed by atoms with Gasteiger partial charge in [0.15, 0.2) is 0 Å². The third-order valence-electron chi connectivity index (χ3n) is 4.99. The molecule has 0 aliphatic carbocycles. The Kier molecular flexibility index (Phi) is 5.99. The fourth-order valence-corrected chi connectivity index (χ4v) is 3.41. The molecule has 5 nitrogen and oxygen atoms in total. The van der Waals surface area contributed by atoms with Gasteiger partial charge in [0.2, 0.25) is 5.91 Å². The summed E-state index contributed by atoms with van der Waals surface area (Å²) in [6, 6.07) is 12.0. The number of piperazine rings is 1. The summed E-state index contributed by atoms with van der Waals surface area (Å²) >= 11 is 0. The Morgan fingerprint density at radius 3 is 2.23 bits per heavy atom. The van der Waals surface area contributed by atoms with E-state index in [4.69, 9.17) is 0 Å². The van der Waals surface area contributed by atoms with Gasteiger partial charge in [0.05, 0.1) is 0 Å². The van der Waals surface area contributed by atoms with Gasteiger partial charge in [-0.1, -0.05) is 13.8 Å². The maximum Gasteiger partial charge on any atom is 0.247 e. The van der Waals surface area contributed by atoms with E-state index in [9.17, 15) is 4.79 Å². The average Bonchev–Trinajstić information content (AvgIpc) is 3.15. The van der Waals surface area contributed by atoms with Gasteiger partial charge in [-0.2, -0.15) is 0 Å². The van der Waals surface area contributed by atoms with Crippen molar-refractivity contribution in [3.8, 4) is 0 Å². The van der Waals surface area contributed by atoms with Crippen molar-refractivity contribution in [1.29, 1.82) is 0 Å². The van der Waals surface area contributed by atoms with E-state index in [-0.39, 0.29) is 11.9 Å². The largest absolute Gasteiger partial charge is 0.369 e. The summed E-state index contributed by atoms with van der Waals surface area (Å²) in [4.78, 5) is 17.6. The van der Waals surface area contributed by atoms with Crippen LogP contribution < -0.4 is 10.2 Å². The third kappa shape index (κ3) is 4.67. The number of rotatable bonds is 6. The second-order valence-electron chi connectivity index (χ2n) is 7.60. The molecule has 0 spiro atoms. The number of nitrogens with one attached hydrogen (secondary N) is 1. The molecule has 1 aromatic heterocycles. The number of nitrogens with zero attached hydrogens (tertiary/aromatic N) is 3. The first kappa shape index (κ1) is 18.5. The van der Waals surface area contributed by atoms with E-state index in [1.165, 1.54) is 5.69 Å². The number of likely N-dealkylation sites (N-methyl/N-ethyl adjacent to an activating group) is 1. The van der Waals surface area contributed by atoms with Crippen LogP contribution in [0.3, 0.4) is 0 Å². The summed E-state index contributed by atoms with van der Waals surface area (Å²) in [5, 5.41) is 3.09. The van der Waals surface area contributed by atoms with Crippen LogP contribution in [-0.2, 0) is 4.79 Å². The fourth-order valence-electron chi connectivity index (χ4n) is 3.41. The highest BCUT2D eigenvalue weighted by Crippen LogP contribution is 2.23. The number of hydrogen-bond donors (Lipinski definition) is 1. The zero-order chi connectivity index (χ0) is 18.5. The summed E-state index contributed by atoms with van der Waals surface area (Å²) in [5.41, 5.74) is 2.08. The van der Waals surface area contributed by atoms with Crippen molar-refractivity contribution in [2.24, 2.45) is 5.92 Å². The first-order valence-corrected chi connectivity index (χ1v) is 9.50. The number of amides is 1. The minimum Gasteiger partial charge on any atom is -0.369 e. The van der Waals surface area contributed by atoms with Crippen molar-refractivity contribution in [3.63, 3.8) is 0 Å². The molecule has 1 aliphatic heterocycles. The molecule has 1 atom stereocenters. The molecule has 2 aromatic rings. The van der Waals surface area contributed by atoms with Crippen LogP contribution in [0.25, 0.3) is 0 Å². The molecule has 1 saturated heterocycles. The van der Waals surface area contributed by atoms with Crippen molar-refractivity contribution in [2.75, 3.05) is 43.4 Å². The SMILES string of the molecule is CC(C)CC(C(=O)Nc1ccc(N2CCN(C)CC2)cc1)n1cccc1. The lowest BCUT2D eigenvalue weighted by Crippen LogP contribution is -2.44. The lowest BCUT2D eigenvalue weighted by atomic mass is 10.0. The molecule has 1 aliphatic rings. The minimum absolute atomic E-state index is 0.0437. The maximum absolute atomic E-state index is 12.8. The Morgan fingerprint density at radius 2 is 1.65 bits per heavy atom. The van der Waals surface area contributed by atoms with Crippen LogP contribution in [-0.4, -0.2) is 48.6 Å². The molecule has 2 heterocycles. The molecule has 1 amide bonds. The summed E-state index contributed by atoms with van der Waals surface area (Å²) in [5.74, 6) is 0.495. The van der Waals surface area contributed by atoms with Crippen LogP contribution >= 0.6 is 0 Å². The smallest absolute Gasteiger partial charge is 0.247 e. The molecule has 1 fully saturated rings. The summed E-state index contributed by atoms with van der Waals surface area (Å²) in [6.45, 7) is 8.57. The van der Waals surface area contributed by atoms with Gasteiger partial charge < -0.3 is 19.7 Å². The van der Waals surface area contributed by atoms with Gasteiger partial charge >= 0.3 is 0 Å². The second kappa shape index (κ2) is 8.41. The van der Waals surface area contributed by atoms with Gasteiger partial charge in [-0.25, -0.2) is 0 Å². The highest BCUT2D eigenvalue weighted by molar-refractivity contribution is 5.93. The molecule has 1 aromatic carbocycles. The van der Waals surface area contributed by atoms with Crippen molar-refractivity contribution >= 4 is 17.3 Å². The molecule has 5 heteroatoms. The highest BCUT2D eigenvalue weighted by Gasteiger charge is 2.21. The monoisotopic (exact) mass is 354 g/mol. The number of anilines is 2. The molecule has 3 rings (SSSR count). The lowest BCUT2D eigenvalue weighted by molar-refractivity contribution is -0.119. The zero-order valence-electron chi connectivity index (χ0n) is 16.1. The zero-order valence-corrected chi connectivity index (χ0v) is 16.1. The molecule has 1 unspecified atom stereocenters. The van der Waals surface area contributed by atoms with E-state index in [2.05, 4.69) is 48.1 Å². The summed E-state index contributed by atoms with van der Waals surface area (Å²) in [7, 11) is 2.16. The number of benzene rings is 1. The van der Waals surface area contributed by atoms with Gasteiger partial charge in [0.25, 0.3) is 0 Å². The Morgan fingerprint density at radius 1 is 1.04 bits per heavy atom. The molecule has 0 bridgehead atoms. The minimum atomic E-state index is -0.178. The van der Waals surface area contributed by atoms with Crippen LogP contribution in [0.4, 0.5) is 11.4 Å². The first-order valence-electron chi connectivity index (χ1n) is 9.50. The van der Waals surface area contributed by atoms with Crippen molar-refractivity contribution in [3.05, 3.63) is 48.8 Å². The molecular formula is C21H30N4O. The van der Waals surface area contributed by atoms with E-state index in [1.807, 2.05) is 41.2 Å². The average molecular weight is 354 g/mol. The normalized spacial score (nSPS) is 16.7. The highest BCUT2D eigenvalue weighted by atomic mass is 16.2. The third-order valence-corrected chi connectivity index (χ3v) is 4.99. The number of carbonyl (C=O) groups is 1. The topological polar surface area (TPSA) is 40.5 Å². The van der Waals surface area contributed by atoms with Gasteiger partial charge in [0, 0.05) is 49.9 Å². The Balaban J connectivity index is 1.64. The lowest BCUT2D eigenvalue weighted by Gasteiger charge is -2.34. The molecule has 26 heavy (non-hydrogen) atoms.